The van der Waals surface area contributed by atoms with Gasteiger partial charge in [-0.15, -0.1) is 0 Å². The number of carbonyl (C=O) groups excluding carboxylic acids is 1. The van der Waals surface area contributed by atoms with Crippen molar-refractivity contribution in [3.05, 3.63) is 70.8 Å². The number of benzene rings is 2. The summed E-state index contributed by atoms with van der Waals surface area (Å²) < 4.78 is 0. The van der Waals surface area contributed by atoms with E-state index in [2.05, 4.69) is 0 Å². The van der Waals surface area contributed by atoms with Crippen LogP contribution >= 0.6 is 0 Å². The Kier molecular flexibility index (Phi) is 5.26. The number of rotatable bonds is 6. The van der Waals surface area contributed by atoms with Gasteiger partial charge in [0.05, 0.1) is 11.2 Å². The summed E-state index contributed by atoms with van der Waals surface area (Å²) >= 11 is 0. The van der Waals surface area contributed by atoms with Gasteiger partial charge in [-0.05, 0) is 49.9 Å². The van der Waals surface area contributed by atoms with Crippen LogP contribution < -0.4 is 0 Å². The average Bonchev–Trinajstić information content (AvgIpc) is 2.46. The predicted molar refractivity (Wildman–Crippen MR) is 95.8 cm³/mol. The molecule has 2 aromatic carbocycles. The van der Waals surface area contributed by atoms with E-state index in [1.807, 2.05) is 48.5 Å². The van der Waals surface area contributed by atoms with Gasteiger partial charge >= 0.3 is 0 Å². The van der Waals surface area contributed by atoms with Crippen LogP contribution in [0.2, 0.25) is 0 Å². The third-order valence-corrected chi connectivity index (χ3v) is 4.12. The van der Waals surface area contributed by atoms with Crippen LogP contribution in [-0.2, 0) is 28.8 Å². The molecule has 0 unspecified atom stereocenters. The quantitative estimate of drug-likeness (QED) is 0.854. The summed E-state index contributed by atoms with van der Waals surface area (Å²) in [6, 6.07) is 15.0. The molecule has 2 rings (SSSR count). The molecule has 2 aromatic rings. The van der Waals surface area contributed by atoms with E-state index in [0.717, 1.165) is 22.3 Å². The molecule has 0 bridgehead atoms. The van der Waals surface area contributed by atoms with Gasteiger partial charge in [0.25, 0.3) is 0 Å². The first-order valence-electron chi connectivity index (χ1n) is 8.21. The van der Waals surface area contributed by atoms with Gasteiger partial charge in [0.15, 0.2) is 0 Å². The van der Waals surface area contributed by atoms with Gasteiger partial charge in [0.1, 0.15) is 5.78 Å². The van der Waals surface area contributed by atoms with Crippen molar-refractivity contribution in [1.82, 2.24) is 0 Å². The van der Waals surface area contributed by atoms with Crippen molar-refractivity contribution in [2.45, 2.75) is 51.7 Å². The number of aliphatic hydroxyl groups is 2. The maximum atomic E-state index is 12.2. The molecule has 24 heavy (non-hydrogen) atoms. The molecule has 0 aromatic heterocycles. The summed E-state index contributed by atoms with van der Waals surface area (Å²) in [4.78, 5) is 12.2. The van der Waals surface area contributed by atoms with Crippen LogP contribution in [0.15, 0.2) is 48.5 Å². The Hall–Kier alpha value is -1.97. The minimum atomic E-state index is -0.870. The van der Waals surface area contributed by atoms with E-state index in [4.69, 9.17) is 0 Å². The van der Waals surface area contributed by atoms with Crippen LogP contribution in [0.1, 0.15) is 49.9 Å². The van der Waals surface area contributed by atoms with Crippen LogP contribution in [0, 0.1) is 0 Å². The minimum absolute atomic E-state index is 0.141. The molecular formula is C21H26O3. The van der Waals surface area contributed by atoms with Crippen LogP contribution in [0.3, 0.4) is 0 Å². The lowest BCUT2D eigenvalue weighted by Gasteiger charge is -2.18. The second-order valence-electron chi connectivity index (χ2n) is 7.40. The summed E-state index contributed by atoms with van der Waals surface area (Å²) in [6.07, 6.45) is 0.749. The van der Waals surface area contributed by atoms with Crippen molar-refractivity contribution in [2.75, 3.05) is 0 Å². The largest absolute Gasteiger partial charge is 0.386 e. The molecule has 0 heterocycles. The highest BCUT2D eigenvalue weighted by atomic mass is 16.3. The fourth-order valence-electron chi connectivity index (χ4n) is 2.58. The molecule has 0 amide bonds. The van der Waals surface area contributed by atoms with Crippen molar-refractivity contribution in [3.63, 3.8) is 0 Å². The third-order valence-electron chi connectivity index (χ3n) is 4.12. The first-order valence-corrected chi connectivity index (χ1v) is 8.21. The van der Waals surface area contributed by atoms with E-state index in [1.54, 1.807) is 27.7 Å². The van der Waals surface area contributed by atoms with Gasteiger partial charge in [0.2, 0.25) is 0 Å². The van der Waals surface area contributed by atoms with Crippen molar-refractivity contribution in [1.29, 1.82) is 0 Å². The molecular weight excluding hydrogens is 300 g/mol. The second kappa shape index (κ2) is 6.88. The van der Waals surface area contributed by atoms with Gasteiger partial charge in [-0.1, -0.05) is 48.5 Å². The monoisotopic (exact) mass is 326 g/mol. The molecule has 0 aliphatic heterocycles. The highest BCUT2D eigenvalue weighted by Gasteiger charge is 2.17. The standard InChI is InChI=1S/C21H26O3/c1-20(2,23)17-9-5-15(6-10-17)13-19(22)14-16-7-11-18(12-8-16)21(3,4)24/h5-12,23-24H,13-14H2,1-4H3. The zero-order valence-electron chi connectivity index (χ0n) is 14.8. The number of Topliss-reactive ketones (excluding diaryl/α,β-unsaturated/α-hetero) is 1. The second-order valence-corrected chi connectivity index (χ2v) is 7.40. The van der Waals surface area contributed by atoms with Crippen LogP contribution in [0.25, 0.3) is 0 Å². The Labute approximate surface area is 144 Å². The first-order chi connectivity index (χ1) is 11.1. The van der Waals surface area contributed by atoms with Crippen LogP contribution in [0.4, 0.5) is 0 Å². The number of ketones is 1. The minimum Gasteiger partial charge on any atom is -0.386 e. The van der Waals surface area contributed by atoms with Gasteiger partial charge in [-0.25, -0.2) is 0 Å². The van der Waals surface area contributed by atoms with E-state index in [-0.39, 0.29) is 5.78 Å². The van der Waals surface area contributed by atoms with Crippen molar-refractivity contribution >= 4 is 5.78 Å². The van der Waals surface area contributed by atoms with Crippen LogP contribution in [0.5, 0.6) is 0 Å². The molecule has 0 aliphatic carbocycles. The number of carbonyl (C=O) groups is 1. The Morgan fingerprint density at radius 2 is 1.00 bits per heavy atom. The van der Waals surface area contributed by atoms with E-state index in [0.29, 0.717) is 12.8 Å². The molecule has 0 saturated carbocycles. The first kappa shape index (κ1) is 18.4. The summed E-state index contributed by atoms with van der Waals surface area (Å²) in [5, 5.41) is 19.9. The van der Waals surface area contributed by atoms with E-state index in [9.17, 15) is 15.0 Å². The third kappa shape index (κ3) is 5.02. The van der Waals surface area contributed by atoms with Crippen molar-refractivity contribution in [3.8, 4) is 0 Å². The number of hydrogen-bond donors (Lipinski definition) is 2. The van der Waals surface area contributed by atoms with Gasteiger partial charge in [-0.3, -0.25) is 4.79 Å². The zero-order chi connectivity index (χ0) is 18.0. The molecule has 0 saturated heterocycles. The normalized spacial score (nSPS) is 12.2. The molecule has 0 fully saturated rings. The van der Waals surface area contributed by atoms with E-state index in [1.165, 1.54) is 0 Å². The average molecular weight is 326 g/mol. The highest BCUT2D eigenvalue weighted by molar-refractivity contribution is 5.83. The highest BCUT2D eigenvalue weighted by Crippen LogP contribution is 2.21. The fourth-order valence-corrected chi connectivity index (χ4v) is 2.58. The Morgan fingerprint density at radius 1 is 0.708 bits per heavy atom. The Morgan fingerprint density at radius 3 is 1.25 bits per heavy atom. The molecule has 0 radical (unpaired) electrons. The lowest BCUT2D eigenvalue weighted by Crippen LogP contribution is -2.16. The lowest BCUT2D eigenvalue weighted by molar-refractivity contribution is -0.117. The summed E-state index contributed by atoms with van der Waals surface area (Å²) in [5.74, 6) is 0.141. The molecule has 2 N–H and O–H groups in total. The Balaban J connectivity index is 1.98. The molecule has 128 valence electrons. The SMILES string of the molecule is CC(C)(O)c1ccc(CC(=O)Cc2ccc(C(C)(C)O)cc2)cc1. The van der Waals surface area contributed by atoms with Gasteiger partial charge in [-0.2, -0.15) is 0 Å². The lowest BCUT2D eigenvalue weighted by atomic mass is 9.94. The summed E-state index contributed by atoms with van der Waals surface area (Å²) in [5.41, 5.74) is 1.82. The maximum absolute atomic E-state index is 12.2. The molecule has 0 aliphatic rings. The van der Waals surface area contributed by atoms with E-state index >= 15 is 0 Å². The topological polar surface area (TPSA) is 57.5 Å². The zero-order valence-corrected chi connectivity index (χ0v) is 14.8. The van der Waals surface area contributed by atoms with E-state index < -0.39 is 11.2 Å². The van der Waals surface area contributed by atoms with Gasteiger partial charge in [0, 0.05) is 12.8 Å². The van der Waals surface area contributed by atoms with Gasteiger partial charge < -0.3 is 10.2 Å². The molecule has 3 heteroatoms. The fraction of sp³-hybridized carbons (Fsp3) is 0.381. The predicted octanol–water partition coefficient (Wildman–Crippen LogP) is 3.50. The maximum Gasteiger partial charge on any atom is 0.141 e. The van der Waals surface area contributed by atoms with Crippen molar-refractivity contribution in [2.24, 2.45) is 0 Å². The van der Waals surface area contributed by atoms with Crippen molar-refractivity contribution < 1.29 is 15.0 Å². The van der Waals surface area contributed by atoms with Crippen LogP contribution in [-0.4, -0.2) is 16.0 Å². The smallest absolute Gasteiger partial charge is 0.141 e. The summed E-state index contributed by atoms with van der Waals surface area (Å²) in [7, 11) is 0. The molecule has 3 nitrogen and oxygen atoms in total. The molecule has 0 atom stereocenters. The molecule has 0 spiro atoms. The Bertz CT molecular complexity index is 622. The number of hydrogen-bond acceptors (Lipinski definition) is 3. The summed E-state index contributed by atoms with van der Waals surface area (Å²) in [6.45, 7) is 6.96.